The molecule has 0 radical (unpaired) electrons. The summed E-state index contributed by atoms with van der Waals surface area (Å²) < 4.78 is 0. The molecule has 0 saturated heterocycles. The molecule has 1 aromatic carbocycles. The molecule has 1 aromatic heterocycles. The minimum Gasteiger partial charge on any atom is -0.347 e. The van der Waals surface area contributed by atoms with Gasteiger partial charge in [0.1, 0.15) is 0 Å². The van der Waals surface area contributed by atoms with Crippen LogP contribution in [0.2, 0.25) is 0 Å². The minimum absolute atomic E-state index is 0.0182. The normalized spacial score (nSPS) is 10.1. The van der Waals surface area contributed by atoms with Crippen molar-refractivity contribution in [3.05, 3.63) is 66.0 Å². The summed E-state index contributed by atoms with van der Waals surface area (Å²) in [4.78, 5) is 29.2. The number of aromatic nitrogens is 1. The first-order valence-electron chi connectivity index (χ1n) is 7.60. The van der Waals surface area contributed by atoms with E-state index in [4.69, 9.17) is 0 Å². The van der Waals surface area contributed by atoms with E-state index in [1.807, 2.05) is 42.5 Å². The largest absolute Gasteiger partial charge is 0.347 e. The molecule has 0 unspecified atom stereocenters. The number of carbonyl (C=O) groups is 2. The monoisotopic (exact) mass is 311 g/mol. The number of nitrogens with zero attached hydrogens (tertiary/aromatic N) is 2. The number of pyridine rings is 1. The van der Waals surface area contributed by atoms with Crippen molar-refractivity contribution < 1.29 is 9.59 Å². The number of nitrogens with one attached hydrogen (secondary N) is 1. The van der Waals surface area contributed by atoms with Crippen LogP contribution in [0.15, 0.2) is 54.9 Å². The Morgan fingerprint density at radius 3 is 2.48 bits per heavy atom. The number of carbonyl (C=O) groups excluding carboxylic acids is 2. The Hall–Kier alpha value is -2.69. The molecule has 0 aliphatic heterocycles. The van der Waals surface area contributed by atoms with Crippen LogP contribution in [0.1, 0.15) is 18.1 Å². The van der Waals surface area contributed by atoms with Gasteiger partial charge in [0.2, 0.25) is 11.8 Å². The second-order valence-corrected chi connectivity index (χ2v) is 5.32. The first kappa shape index (κ1) is 16.7. The average Bonchev–Trinajstić information content (AvgIpc) is 2.58. The molecule has 0 aliphatic rings. The lowest BCUT2D eigenvalue weighted by atomic mass is 10.1. The Bertz CT molecular complexity index is 629. The maximum absolute atomic E-state index is 12.4. The van der Waals surface area contributed by atoms with Gasteiger partial charge in [0, 0.05) is 32.4 Å². The zero-order valence-corrected chi connectivity index (χ0v) is 13.2. The molecule has 5 nitrogen and oxygen atoms in total. The lowest BCUT2D eigenvalue weighted by molar-refractivity contribution is -0.133. The van der Waals surface area contributed by atoms with Gasteiger partial charge in [-0.3, -0.25) is 14.6 Å². The summed E-state index contributed by atoms with van der Waals surface area (Å²) >= 11 is 0. The molecule has 2 amide bonds. The molecular formula is C18H21N3O2. The van der Waals surface area contributed by atoms with Crippen LogP contribution in [0.3, 0.4) is 0 Å². The topological polar surface area (TPSA) is 62.3 Å². The van der Waals surface area contributed by atoms with Crippen molar-refractivity contribution in [2.75, 3.05) is 13.1 Å². The van der Waals surface area contributed by atoms with E-state index >= 15 is 0 Å². The van der Waals surface area contributed by atoms with E-state index in [9.17, 15) is 9.59 Å². The first-order valence-corrected chi connectivity index (χ1v) is 7.60. The number of rotatable bonds is 7. The first-order chi connectivity index (χ1) is 11.1. The molecule has 120 valence electrons. The summed E-state index contributed by atoms with van der Waals surface area (Å²) in [5.41, 5.74) is 2.15. The highest BCUT2D eigenvalue weighted by Gasteiger charge is 2.14. The van der Waals surface area contributed by atoms with Crippen LogP contribution < -0.4 is 5.32 Å². The Labute approximate surface area is 136 Å². The molecule has 2 aromatic rings. The summed E-state index contributed by atoms with van der Waals surface area (Å²) in [6, 6.07) is 13.8. The fourth-order valence-corrected chi connectivity index (χ4v) is 2.22. The Morgan fingerprint density at radius 2 is 1.83 bits per heavy atom. The molecule has 5 heteroatoms. The Morgan fingerprint density at radius 1 is 1.09 bits per heavy atom. The summed E-state index contributed by atoms with van der Waals surface area (Å²) in [7, 11) is 0. The SMILES string of the molecule is CC(=O)NCC(=O)N(CCc1ccccc1)Cc1cccnc1. The number of amides is 2. The van der Waals surface area contributed by atoms with E-state index in [0.717, 1.165) is 12.0 Å². The molecule has 2 rings (SSSR count). The number of benzene rings is 1. The predicted octanol–water partition coefficient (Wildman–Crippen LogP) is 1.79. The molecule has 0 atom stereocenters. The van der Waals surface area contributed by atoms with Gasteiger partial charge < -0.3 is 10.2 Å². The van der Waals surface area contributed by atoms with Crippen LogP contribution in [-0.4, -0.2) is 34.8 Å². The number of hydrogen-bond acceptors (Lipinski definition) is 3. The van der Waals surface area contributed by atoms with Gasteiger partial charge in [-0.25, -0.2) is 0 Å². The van der Waals surface area contributed by atoms with E-state index in [-0.39, 0.29) is 18.4 Å². The molecular weight excluding hydrogens is 290 g/mol. The second-order valence-electron chi connectivity index (χ2n) is 5.32. The fourth-order valence-electron chi connectivity index (χ4n) is 2.22. The Kier molecular flexibility index (Phi) is 6.29. The van der Waals surface area contributed by atoms with Crippen LogP contribution in [0.25, 0.3) is 0 Å². The van der Waals surface area contributed by atoms with Crippen molar-refractivity contribution in [3.63, 3.8) is 0 Å². The Balaban J connectivity index is 2.01. The zero-order chi connectivity index (χ0) is 16.5. The van der Waals surface area contributed by atoms with Crippen molar-refractivity contribution >= 4 is 11.8 Å². The summed E-state index contributed by atoms with van der Waals surface area (Å²) in [5, 5.41) is 2.56. The summed E-state index contributed by atoms with van der Waals surface area (Å²) in [6.45, 7) is 2.50. The van der Waals surface area contributed by atoms with Gasteiger partial charge in [-0.2, -0.15) is 0 Å². The molecule has 0 saturated carbocycles. The van der Waals surface area contributed by atoms with Gasteiger partial charge in [-0.05, 0) is 23.6 Å². The van der Waals surface area contributed by atoms with Crippen molar-refractivity contribution in [1.82, 2.24) is 15.2 Å². The third kappa shape index (κ3) is 5.90. The van der Waals surface area contributed by atoms with E-state index < -0.39 is 0 Å². The lowest BCUT2D eigenvalue weighted by Gasteiger charge is -2.23. The van der Waals surface area contributed by atoms with Gasteiger partial charge in [0.25, 0.3) is 0 Å². The predicted molar refractivity (Wildman–Crippen MR) is 88.5 cm³/mol. The zero-order valence-electron chi connectivity index (χ0n) is 13.2. The van der Waals surface area contributed by atoms with Crippen molar-refractivity contribution in [1.29, 1.82) is 0 Å². The van der Waals surface area contributed by atoms with Crippen LogP contribution in [-0.2, 0) is 22.6 Å². The van der Waals surface area contributed by atoms with E-state index in [1.165, 1.54) is 12.5 Å². The molecule has 0 bridgehead atoms. The lowest BCUT2D eigenvalue weighted by Crippen LogP contribution is -2.40. The smallest absolute Gasteiger partial charge is 0.242 e. The van der Waals surface area contributed by atoms with E-state index in [1.54, 1.807) is 17.3 Å². The molecule has 0 spiro atoms. The van der Waals surface area contributed by atoms with Crippen LogP contribution in [0.4, 0.5) is 0 Å². The van der Waals surface area contributed by atoms with Crippen LogP contribution in [0.5, 0.6) is 0 Å². The molecule has 23 heavy (non-hydrogen) atoms. The van der Waals surface area contributed by atoms with Crippen molar-refractivity contribution in [2.45, 2.75) is 19.9 Å². The van der Waals surface area contributed by atoms with Gasteiger partial charge in [0.15, 0.2) is 0 Å². The van der Waals surface area contributed by atoms with E-state index in [0.29, 0.717) is 13.1 Å². The highest BCUT2D eigenvalue weighted by Crippen LogP contribution is 2.06. The van der Waals surface area contributed by atoms with Crippen molar-refractivity contribution in [3.8, 4) is 0 Å². The van der Waals surface area contributed by atoms with E-state index in [2.05, 4.69) is 10.3 Å². The quantitative estimate of drug-likeness (QED) is 0.848. The van der Waals surface area contributed by atoms with Crippen LogP contribution in [0, 0.1) is 0 Å². The summed E-state index contributed by atoms with van der Waals surface area (Å²) in [5.74, 6) is -0.303. The third-order valence-electron chi connectivity index (χ3n) is 3.45. The van der Waals surface area contributed by atoms with Gasteiger partial charge in [-0.1, -0.05) is 36.4 Å². The van der Waals surface area contributed by atoms with Crippen LogP contribution >= 0.6 is 0 Å². The average molecular weight is 311 g/mol. The number of hydrogen-bond donors (Lipinski definition) is 1. The summed E-state index contributed by atoms with van der Waals surface area (Å²) in [6.07, 6.45) is 4.23. The second kappa shape index (κ2) is 8.68. The van der Waals surface area contributed by atoms with Gasteiger partial charge in [0.05, 0.1) is 6.54 Å². The maximum atomic E-state index is 12.4. The highest BCUT2D eigenvalue weighted by atomic mass is 16.2. The minimum atomic E-state index is -0.206. The maximum Gasteiger partial charge on any atom is 0.242 e. The molecule has 0 aliphatic carbocycles. The molecule has 1 heterocycles. The highest BCUT2D eigenvalue weighted by molar-refractivity contribution is 5.83. The molecule has 1 N–H and O–H groups in total. The van der Waals surface area contributed by atoms with Gasteiger partial charge >= 0.3 is 0 Å². The standard InChI is InChI=1S/C18H21N3O2/c1-15(22)20-13-18(23)21(14-17-8-5-10-19-12-17)11-9-16-6-3-2-4-7-16/h2-8,10,12H,9,11,13-14H2,1H3,(H,20,22). The molecule has 0 fully saturated rings. The fraction of sp³-hybridized carbons (Fsp3) is 0.278. The van der Waals surface area contributed by atoms with Crippen molar-refractivity contribution in [2.24, 2.45) is 0 Å². The third-order valence-corrected chi connectivity index (χ3v) is 3.45. The van der Waals surface area contributed by atoms with Gasteiger partial charge in [-0.15, -0.1) is 0 Å².